The molecule has 0 radical (unpaired) electrons. The number of benzene rings is 1. The van der Waals surface area contributed by atoms with Crippen LogP contribution in [-0.2, 0) is 0 Å². The second kappa shape index (κ2) is 8.25. The highest BCUT2D eigenvalue weighted by Crippen LogP contribution is 2.00. The Morgan fingerprint density at radius 3 is 1.88 bits per heavy atom. The molecule has 0 aliphatic rings. The molecule has 0 nitrogen and oxygen atoms in total. The highest BCUT2D eigenvalue weighted by atomic mass is 13.8. The summed E-state index contributed by atoms with van der Waals surface area (Å²) in [5, 5.41) is 0. The van der Waals surface area contributed by atoms with E-state index in [1.165, 1.54) is 5.56 Å². The Morgan fingerprint density at radius 2 is 1.25 bits per heavy atom. The van der Waals surface area contributed by atoms with Crippen molar-refractivity contribution in [2.75, 3.05) is 0 Å². The first-order valence-electron chi connectivity index (χ1n) is 5.27. The summed E-state index contributed by atoms with van der Waals surface area (Å²) in [6.45, 7) is 3.59. The van der Waals surface area contributed by atoms with Crippen LogP contribution in [0.4, 0.5) is 0 Å². The van der Waals surface area contributed by atoms with Crippen LogP contribution in [-0.4, -0.2) is 0 Å². The van der Waals surface area contributed by atoms with E-state index >= 15 is 0 Å². The van der Waals surface area contributed by atoms with Gasteiger partial charge in [0.15, 0.2) is 0 Å². The maximum absolute atomic E-state index is 3.59. The van der Waals surface area contributed by atoms with E-state index in [-0.39, 0.29) is 0 Å². The molecule has 0 amide bonds. The molecule has 0 fully saturated rings. The average molecular weight is 208 g/mol. The molecule has 1 rings (SSSR count). The van der Waals surface area contributed by atoms with Crippen LogP contribution < -0.4 is 0 Å². The van der Waals surface area contributed by atoms with Crippen molar-refractivity contribution >= 4 is 6.08 Å². The van der Waals surface area contributed by atoms with Gasteiger partial charge >= 0.3 is 0 Å². The molecule has 0 unspecified atom stereocenters. The molecular weight excluding hydrogens is 192 g/mol. The van der Waals surface area contributed by atoms with Crippen LogP contribution >= 0.6 is 0 Å². The van der Waals surface area contributed by atoms with Gasteiger partial charge < -0.3 is 0 Å². The fourth-order valence-corrected chi connectivity index (χ4v) is 1.13. The quantitative estimate of drug-likeness (QED) is 0.622. The van der Waals surface area contributed by atoms with Gasteiger partial charge in [0.2, 0.25) is 0 Å². The molecule has 0 spiro atoms. The molecule has 0 aliphatic carbocycles. The zero-order valence-electron chi connectivity index (χ0n) is 9.29. The predicted octanol–water partition coefficient (Wildman–Crippen LogP) is 4.55. The highest BCUT2D eigenvalue weighted by molar-refractivity contribution is 5.50. The Labute approximate surface area is 97.6 Å². The third-order valence-corrected chi connectivity index (χ3v) is 1.89. The number of hydrogen-bond donors (Lipinski definition) is 0. The number of allylic oxidation sites excluding steroid dienone is 8. The van der Waals surface area contributed by atoms with Gasteiger partial charge in [0.1, 0.15) is 0 Å². The van der Waals surface area contributed by atoms with E-state index in [2.05, 4.69) is 24.8 Å². The fraction of sp³-hybridized carbons (Fsp3) is 0. The van der Waals surface area contributed by atoms with Crippen LogP contribution in [0.1, 0.15) is 5.56 Å². The molecule has 1 aromatic rings. The Balaban J connectivity index is 2.37. The predicted molar refractivity (Wildman–Crippen MR) is 73.1 cm³/mol. The lowest BCUT2D eigenvalue weighted by Gasteiger charge is -1.87. The van der Waals surface area contributed by atoms with Gasteiger partial charge in [-0.2, -0.15) is 0 Å². The van der Waals surface area contributed by atoms with E-state index in [1.54, 1.807) is 6.08 Å². The van der Waals surface area contributed by atoms with Crippen molar-refractivity contribution in [2.24, 2.45) is 0 Å². The topological polar surface area (TPSA) is 0 Å². The fourth-order valence-electron chi connectivity index (χ4n) is 1.13. The summed E-state index contributed by atoms with van der Waals surface area (Å²) in [7, 11) is 0. The van der Waals surface area contributed by atoms with Gasteiger partial charge in [-0.25, -0.2) is 0 Å². The summed E-state index contributed by atoms with van der Waals surface area (Å²) in [6, 6.07) is 10.2. The molecule has 0 N–H and O–H groups in total. The maximum atomic E-state index is 3.59. The molecular formula is C16H16. The molecule has 0 aromatic heterocycles. The van der Waals surface area contributed by atoms with Crippen LogP contribution in [0, 0.1) is 0 Å². The Kier molecular flexibility index (Phi) is 6.18. The molecule has 0 aliphatic heterocycles. The summed E-state index contributed by atoms with van der Waals surface area (Å²) in [5.74, 6) is 0. The first-order chi connectivity index (χ1) is 7.93. The number of hydrogen-bond acceptors (Lipinski definition) is 0. The summed E-state index contributed by atoms with van der Waals surface area (Å²) < 4.78 is 0. The van der Waals surface area contributed by atoms with E-state index in [1.807, 2.05) is 60.7 Å². The van der Waals surface area contributed by atoms with Gasteiger partial charge in [-0.05, 0) is 5.56 Å². The molecule has 0 heterocycles. The van der Waals surface area contributed by atoms with Gasteiger partial charge in [-0.1, -0.05) is 91.6 Å². The van der Waals surface area contributed by atoms with Crippen LogP contribution in [0.3, 0.4) is 0 Å². The first kappa shape index (κ1) is 12.0. The number of rotatable bonds is 5. The van der Waals surface area contributed by atoms with Gasteiger partial charge in [0.05, 0.1) is 0 Å². The molecule has 16 heavy (non-hydrogen) atoms. The second-order valence-corrected chi connectivity index (χ2v) is 3.16. The van der Waals surface area contributed by atoms with Gasteiger partial charge in [0.25, 0.3) is 0 Å². The van der Waals surface area contributed by atoms with E-state index in [9.17, 15) is 0 Å². The van der Waals surface area contributed by atoms with Gasteiger partial charge in [-0.3, -0.25) is 0 Å². The minimum Gasteiger partial charge on any atom is -0.0991 e. The van der Waals surface area contributed by atoms with Crippen LogP contribution in [0.5, 0.6) is 0 Å². The maximum Gasteiger partial charge on any atom is -0.0257 e. The van der Waals surface area contributed by atoms with Crippen molar-refractivity contribution in [2.45, 2.75) is 0 Å². The molecule has 1 aromatic carbocycles. The lowest BCUT2D eigenvalue weighted by atomic mass is 10.2. The normalized spacial score (nSPS) is 12.2. The summed E-state index contributed by atoms with van der Waals surface area (Å²) >= 11 is 0. The summed E-state index contributed by atoms with van der Waals surface area (Å²) in [6.07, 6.45) is 17.6. The van der Waals surface area contributed by atoms with Gasteiger partial charge in [0, 0.05) is 0 Å². The van der Waals surface area contributed by atoms with Crippen molar-refractivity contribution in [1.82, 2.24) is 0 Å². The molecule has 0 saturated carbocycles. The Morgan fingerprint density at radius 1 is 0.688 bits per heavy atom. The van der Waals surface area contributed by atoms with E-state index in [4.69, 9.17) is 0 Å². The smallest absolute Gasteiger partial charge is 0.0257 e. The minimum atomic E-state index is 1.21. The van der Waals surface area contributed by atoms with Crippen molar-refractivity contribution in [3.05, 3.63) is 91.1 Å². The molecule has 0 atom stereocenters. The third-order valence-electron chi connectivity index (χ3n) is 1.89. The lowest BCUT2D eigenvalue weighted by Crippen LogP contribution is -1.66. The van der Waals surface area contributed by atoms with Crippen LogP contribution in [0.25, 0.3) is 6.08 Å². The standard InChI is InChI=1S/C16H16/c1-2-3-4-5-6-7-8-10-13-16-14-11-9-12-15-16/h2-15H,1H2. The second-order valence-electron chi connectivity index (χ2n) is 3.16. The Hall–Kier alpha value is -2.08. The monoisotopic (exact) mass is 208 g/mol. The summed E-state index contributed by atoms with van der Waals surface area (Å²) in [5.41, 5.74) is 1.21. The third kappa shape index (κ3) is 5.61. The van der Waals surface area contributed by atoms with Crippen molar-refractivity contribution < 1.29 is 0 Å². The molecule has 0 saturated heterocycles. The molecule has 0 heteroatoms. The first-order valence-corrected chi connectivity index (χ1v) is 5.27. The SMILES string of the molecule is C=CC=CC=CC=CC=Cc1ccccc1. The largest absolute Gasteiger partial charge is 0.0991 e. The van der Waals surface area contributed by atoms with Crippen molar-refractivity contribution in [1.29, 1.82) is 0 Å². The van der Waals surface area contributed by atoms with Crippen LogP contribution in [0.2, 0.25) is 0 Å². The lowest BCUT2D eigenvalue weighted by molar-refractivity contribution is 1.66. The Bertz CT molecular complexity index is 403. The van der Waals surface area contributed by atoms with E-state index < -0.39 is 0 Å². The zero-order chi connectivity index (χ0) is 11.5. The summed E-state index contributed by atoms with van der Waals surface area (Å²) in [4.78, 5) is 0. The van der Waals surface area contributed by atoms with E-state index in [0.29, 0.717) is 0 Å². The van der Waals surface area contributed by atoms with Crippen molar-refractivity contribution in [3.63, 3.8) is 0 Å². The molecule has 0 bridgehead atoms. The minimum absolute atomic E-state index is 1.21. The zero-order valence-corrected chi connectivity index (χ0v) is 9.29. The highest BCUT2D eigenvalue weighted by Gasteiger charge is 1.78. The molecule has 80 valence electrons. The van der Waals surface area contributed by atoms with Crippen molar-refractivity contribution in [3.8, 4) is 0 Å². The van der Waals surface area contributed by atoms with Gasteiger partial charge in [-0.15, -0.1) is 0 Å². The average Bonchev–Trinajstić information content (AvgIpc) is 2.34. The van der Waals surface area contributed by atoms with E-state index in [0.717, 1.165) is 0 Å². The van der Waals surface area contributed by atoms with Crippen LogP contribution in [0.15, 0.2) is 85.5 Å².